The second-order valence-electron chi connectivity index (χ2n) is 4.67. The van der Waals surface area contributed by atoms with Gasteiger partial charge < -0.3 is 0 Å². The Morgan fingerprint density at radius 3 is 3.04 bits per heavy atom. The molecule has 120 valence electrons. The molecule has 3 heterocycles. The van der Waals surface area contributed by atoms with Crippen molar-refractivity contribution in [3.63, 3.8) is 0 Å². The Bertz CT molecular complexity index is 880. The van der Waals surface area contributed by atoms with Gasteiger partial charge in [0, 0.05) is 18.6 Å². The summed E-state index contributed by atoms with van der Waals surface area (Å²) in [7, 11) is 0. The van der Waals surface area contributed by atoms with Crippen LogP contribution in [-0.2, 0) is 0 Å². The minimum Gasteiger partial charge on any atom is -0.298 e. The number of hydrogen-bond acceptors (Lipinski definition) is 7. The van der Waals surface area contributed by atoms with Crippen molar-refractivity contribution in [1.82, 2.24) is 19.5 Å². The normalized spacial score (nSPS) is 10.3. The molecule has 0 spiro atoms. The van der Waals surface area contributed by atoms with E-state index in [9.17, 15) is 4.79 Å². The molecule has 0 aliphatic rings. The molecule has 0 saturated carbocycles. The van der Waals surface area contributed by atoms with E-state index in [1.165, 1.54) is 29.3 Å². The molecule has 3 aromatic heterocycles. The smallest absolute Gasteiger partial charge is 0.259 e. The number of thiazole rings is 1. The van der Waals surface area contributed by atoms with E-state index in [-0.39, 0.29) is 5.91 Å². The summed E-state index contributed by atoms with van der Waals surface area (Å²) in [5, 5.41) is 11.9. The van der Waals surface area contributed by atoms with Gasteiger partial charge in [0.2, 0.25) is 0 Å². The van der Waals surface area contributed by atoms with Crippen LogP contribution in [0.15, 0.2) is 41.3 Å². The molecule has 0 aliphatic heterocycles. The lowest BCUT2D eigenvalue weighted by Gasteiger charge is -2.03. The molecular weight excluding hydrogens is 344 g/mol. The number of thioether (sulfide) groups is 1. The van der Waals surface area contributed by atoms with Crippen LogP contribution >= 0.6 is 23.1 Å². The van der Waals surface area contributed by atoms with E-state index >= 15 is 0 Å². The summed E-state index contributed by atoms with van der Waals surface area (Å²) in [6.07, 6.45) is 6.59. The minimum absolute atomic E-state index is 0.273. The Balaban J connectivity index is 1.70. The van der Waals surface area contributed by atoms with Gasteiger partial charge in [-0.1, -0.05) is 23.1 Å². The van der Waals surface area contributed by atoms with Gasteiger partial charge in [-0.25, -0.2) is 15.0 Å². The third-order valence-electron chi connectivity index (χ3n) is 3.02. The van der Waals surface area contributed by atoms with E-state index in [0.29, 0.717) is 22.3 Å². The number of pyridine rings is 1. The molecule has 0 aliphatic carbocycles. The summed E-state index contributed by atoms with van der Waals surface area (Å²) in [4.78, 5) is 24.8. The van der Waals surface area contributed by atoms with E-state index < -0.39 is 0 Å². The predicted octanol–water partition coefficient (Wildman–Crippen LogP) is 2.90. The lowest BCUT2D eigenvalue weighted by atomic mass is 10.2. The monoisotopic (exact) mass is 356 g/mol. The third-order valence-corrected chi connectivity index (χ3v) is 5.32. The number of aryl methyl sites for hydroxylation is 1. The maximum Gasteiger partial charge on any atom is 0.259 e. The van der Waals surface area contributed by atoms with E-state index in [4.69, 9.17) is 5.26 Å². The Morgan fingerprint density at radius 1 is 1.50 bits per heavy atom. The van der Waals surface area contributed by atoms with Crippen LogP contribution in [-0.4, -0.2) is 31.2 Å². The maximum absolute atomic E-state index is 12.3. The average molecular weight is 356 g/mol. The molecule has 7 nitrogen and oxygen atoms in total. The number of rotatable bonds is 5. The highest BCUT2D eigenvalue weighted by molar-refractivity contribution is 8.01. The zero-order valence-corrected chi connectivity index (χ0v) is 14.3. The van der Waals surface area contributed by atoms with Crippen LogP contribution in [0.3, 0.4) is 0 Å². The lowest BCUT2D eigenvalue weighted by molar-refractivity contribution is 0.102. The number of amides is 1. The first kappa shape index (κ1) is 16.2. The summed E-state index contributed by atoms with van der Waals surface area (Å²) >= 11 is 2.77. The van der Waals surface area contributed by atoms with Crippen molar-refractivity contribution in [2.45, 2.75) is 11.1 Å². The molecule has 0 saturated heterocycles. The largest absolute Gasteiger partial charge is 0.298 e. The number of nitriles is 1. The molecule has 3 rings (SSSR count). The Labute approximate surface area is 146 Å². The Morgan fingerprint density at radius 2 is 2.38 bits per heavy atom. The molecular formula is C15H12N6OS2. The Hall–Kier alpha value is -2.70. The number of carbonyl (C=O) groups excluding carboxylic acids is 1. The first-order valence-electron chi connectivity index (χ1n) is 6.90. The zero-order valence-electron chi connectivity index (χ0n) is 12.6. The topological polar surface area (TPSA) is 96.5 Å². The highest BCUT2D eigenvalue weighted by Gasteiger charge is 2.12. The van der Waals surface area contributed by atoms with Gasteiger partial charge in [0.15, 0.2) is 5.13 Å². The number of anilines is 1. The fraction of sp³-hybridized carbons (Fsp3) is 0.133. The van der Waals surface area contributed by atoms with Gasteiger partial charge in [-0.2, -0.15) is 5.26 Å². The standard InChI is InChI=1S/C15H12N6OS2/c1-10-14(23-7-4-16)24-15(19-10)20-13(22)11-2-3-12(18-8-11)21-6-5-17-9-21/h2-3,5-6,8-9H,7H2,1H3,(H,19,20,22). The lowest BCUT2D eigenvalue weighted by Crippen LogP contribution is -2.12. The van der Waals surface area contributed by atoms with Gasteiger partial charge in [-0.3, -0.25) is 14.7 Å². The molecule has 0 aromatic carbocycles. The van der Waals surface area contributed by atoms with Gasteiger partial charge in [0.05, 0.1) is 27.3 Å². The molecule has 1 amide bonds. The molecule has 3 aromatic rings. The molecule has 0 fully saturated rings. The van der Waals surface area contributed by atoms with Crippen molar-refractivity contribution >= 4 is 34.1 Å². The van der Waals surface area contributed by atoms with Crippen LogP contribution in [0.2, 0.25) is 0 Å². The van der Waals surface area contributed by atoms with Gasteiger partial charge >= 0.3 is 0 Å². The summed E-state index contributed by atoms with van der Waals surface area (Å²) in [5.74, 6) is 0.769. The van der Waals surface area contributed by atoms with E-state index in [0.717, 1.165) is 9.90 Å². The molecule has 0 bridgehead atoms. The third kappa shape index (κ3) is 3.61. The van der Waals surface area contributed by atoms with Crippen LogP contribution in [0.1, 0.15) is 16.1 Å². The van der Waals surface area contributed by atoms with Crippen LogP contribution in [0.5, 0.6) is 0 Å². The molecule has 9 heteroatoms. The SMILES string of the molecule is Cc1nc(NC(=O)c2ccc(-n3ccnc3)nc2)sc1SCC#N. The first-order valence-corrected chi connectivity index (χ1v) is 8.70. The minimum atomic E-state index is -0.273. The Kier molecular flexibility index (Phi) is 4.88. The highest BCUT2D eigenvalue weighted by atomic mass is 32.2. The number of aromatic nitrogens is 4. The molecule has 1 N–H and O–H groups in total. The van der Waals surface area contributed by atoms with Gasteiger partial charge in [-0.15, -0.1) is 0 Å². The van der Waals surface area contributed by atoms with E-state index in [1.54, 1.807) is 35.4 Å². The molecule has 0 atom stereocenters. The highest BCUT2D eigenvalue weighted by Crippen LogP contribution is 2.31. The fourth-order valence-corrected chi connectivity index (χ4v) is 3.70. The number of hydrogen-bond donors (Lipinski definition) is 1. The number of nitrogens with one attached hydrogen (secondary N) is 1. The van der Waals surface area contributed by atoms with Crippen LogP contribution in [0.25, 0.3) is 5.82 Å². The second-order valence-corrected chi connectivity index (χ2v) is 6.91. The quantitative estimate of drug-likeness (QED) is 0.706. The van der Waals surface area contributed by atoms with E-state index in [1.807, 2.05) is 6.92 Å². The van der Waals surface area contributed by atoms with Crippen molar-refractivity contribution in [2.24, 2.45) is 0 Å². The second kappa shape index (κ2) is 7.25. The van der Waals surface area contributed by atoms with Crippen LogP contribution in [0.4, 0.5) is 5.13 Å². The van der Waals surface area contributed by atoms with E-state index in [2.05, 4.69) is 26.3 Å². The van der Waals surface area contributed by atoms with Crippen molar-refractivity contribution < 1.29 is 4.79 Å². The zero-order chi connectivity index (χ0) is 16.9. The summed E-state index contributed by atoms with van der Waals surface area (Å²) in [6, 6.07) is 5.52. The van der Waals surface area contributed by atoms with Crippen molar-refractivity contribution in [3.8, 4) is 11.9 Å². The van der Waals surface area contributed by atoms with Crippen LogP contribution in [0, 0.1) is 18.3 Å². The van der Waals surface area contributed by atoms with Crippen LogP contribution < -0.4 is 5.32 Å². The summed E-state index contributed by atoms with van der Waals surface area (Å²) in [5.41, 5.74) is 1.25. The number of nitrogens with zero attached hydrogens (tertiary/aromatic N) is 5. The van der Waals surface area contributed by atoms with Gasteiger partial charge in [-0.05, 0) is 19.1 Å². The van der Waals surface area contributed by atoms with Crippen molar-refractivity contribution in [3.05, 3.63) is 48.3 Å². The molecule has 0 unspecified atom stereocenters. The molecule has 24 heavy (non-hydrogen) atoms. The molecule has 0 radical (unpaired) electrons. The van der Waals surface area contributed by atoms with Gasteiger partial charge in [0.25, 0.3) is 5.91 Å². The summed E-state index contributed by atoms with van der Waals surface area (Å²) in [6.45, 7) is 1.85. The number of imidazole rings is 1. The van der Waals surface area contributed by atoms with Crippen molar-refractivity contribution in [1.29, 1.82) is 5.26 Å². The maximum atomic E-state index is 12.3. The predicted molar refractivity (Wildman–Crippen MR) is 92.5 cm³/mol. The van der Waals surface area contributed by atoms with Gasteiger partial charge in [0.1, 0.15) is 12.1 Å². The fourth-order valence-electron chi connectivity index (χ4n) is 1.90. The number of carbonyl (C=O) groups is 1. The first-order chi connectivity index (χ1) is 11.7. The summed E-state index contributed by atoms with van der Waals surface area (Å²) < 4.78 is 2.69. The van der Waals surface area contributed by atoms with Crippen molar-refractivity contribution in [2.75, 3.05) is 11.1 Å². The average Bonchev–Trinajstić information content (AvgIpc) is 3.23.